The van der Waals surface area contributed by atoms with Crippen molar-refractivity contribution in [1.82, 2.24) is 0 Å². The van der Waals surface area contributed by atoms with Gasteiger partial charge in [-0.25, -0.2) is 18.4 Å². The number of halogens is 2. The summed E-state index contributed by atoms with van der Waals surface area (Å²) in [5.74, 6) is -5.50. The zero-order chi connectivity index (χ0) is 57.2. The summed E-state index contributed by atoms with van der Waals surface area (Å²) >= 11 is 0. The second kappa shape index (κ2) is 25.2. The molecule has 1 aliphatic carbocycles. The Kier molecular flexibility index (Phi) is 18.8. The van der Waals surface area contributed by atoms with Crippen LogP contribution >= 0.6 is 0 Å². The molecule has 4 saturated heterocycles. The molecule has 7 aliphatic rings. The second-order valence-corrected chi connectivity index (χ2v) is 22.7. The van der Waals surface area contributed by atoms with Gasteiger partial charge in [0.15, 0.2) is 30.6 Å². The summed E-state index contributed by atoms with van der Waals surface area (Å²) in [5.41, 5.74) is 0.0207. The number of hydrogen-bond acceptors (Lipinski definition) is 16. The van der Waals surface area contributed by atoms with Crippen LogP contribution < -0.4 is 0 Å². The topological polar surface area (TPSA) is 182 Å². The Balaban J connectivity index is 0.975. The van der Waals surface area contributed by atoms with Crippen LogP contribution in [0.4, 0.5) is 8.78 Å². The molecule has 2 bridgehead atoms. The molecule has 436 valence electrons. The van der Waals surface area contributed by atoms with Crippen LogP contribution in [-0.4, -0.2) is 141 Å². The summed E-state index contributed by atoms with van der Waals surface area (Å²) < 4.78 is 104. The third-order valence-corrected chi connectivity index (χ3v) is 17.1. The summed E-state index contributed by atoms with van der Waals surface area (Å²) in [6, 6.07) is 10.1. The minimum absolute atomic E-state index is 0.0948. The Hall–Kier alpha value is -4.99. The largest absolute Gasteiger partial charge is 0.462 e. The first-order valence-corrected chi connectivity index (χ1v) is 28.2. The molecule has 1 spiro atoms. The van der Waals surface area contributed by atoms with Gasteiger partial charge in [0.25, 0.3) is 0 Å². The highest BCUT2D eigenvalue weighted by Crippen LogP contribution is 2.48. The number of methoxy groups -OCH3 is 2. The van der Waals surface area contributed by atoms with E-state index >= 15 is 0 Å². The lowest BCUT2D eigenvalue weighted by molar-refractivity contribution is -0.318. The fraction of sp³-hybridized carbons (Fsp3) is 0.597. The standard InChI is InChI=1S/C62H78F2O16/c1-11-33(2)53-36(5)25-26-61(80-53)31-46-28-45(79-61)24-15-35(4)52(34(3)13-12-14-42-32-71-57-54(77-58(65)40-16-20-43(63)21-17-40)37(6)27-47(60(67)74-46)62(42,57)68)75-50-29-48(69-9)55(38(7)72-50)76-51-30-49(70-10)56(39(8)73-51)78-59(66)41-18-22-44(64)23-19-41/h12-23,25-27,33-34,36,38-39,45-57,68H,11,24,28-32H2,1-10H3/b13-12+,35-15+,42-14+/t33-,34-,36-,38-,39-,45+,46-,47-,48-,49-,50-,51-,52-,53+,54+,55-,56-,57+,61+,62+/m0/s1. The fourth-order valence-corrected chi connectivity index (χ4v) is 12.4. The molecule has 18 heteroatoms. The zero-order valence-corrected chi connectivity index (χ0v) is 47.3. The summed E-state index contributed by atoms with van der Waals surface area (Å²) in [4.78, 5) is 41.4. The summed E-state index contributed by atoms with van der Waals surface area (Å²) in [7, 11) is 3.14. The number of ether oxygens (including phenoxy) is 12. The molecule has 0 radical (unpaired) electrons. The van der Waals surface area contributed by atoms with Crippen LogP contribution in [0.2, 0.25) is 0 Å². The highest BCUT2D eigenvalue weighted by atomic mass is 19.1. The zero-order valence-electron chi connectivity index (χ0n) is 47.3. The molecule has 9 rings (SSSR count). The smallest absolute Gasteiger partial charge is 0.338 e. The van der Waals surface area contributed by atoms with E-state index in [1.54, 1.807) is 39.2 Å². The van der Waals surface area contributed by atoms with E-state index in [0.29, 0.717) is 24.0 Å². The van der Waals surface area contributed by atoms with Crippen LogP contribution in [0, 0.1) is 35.3 Å². The van der Waals surface area contributed by atoms with Crippen molar-refractivity contribution in [2.75, 3.05) is 20.8 Å². The van der Waals surface area contributed by atoms with E-state index in [2.05, 4.69) is 32.9 Å². The number of hydrogen-bond donors (Lipinski definition) is 1. The van der Waals surface area contributed by atoms with E-state index in [0.717, 1.165) is 24.1 Å². The normalized spacial score (nSPS) is 40.5. The SMILES string of the molecule is CC[C@H](C)[C@H]1O[C@]2(C=C[C@@H]1C)C[C@@H]1C[C@@H](C/C=C(\C)[C@@H](O[C@H]3C[C@H](OC)[C@@H](O[C@H]4C[C@H](OC)[C@@H](OC(=O)c5ccc(F)cc5)[C@H](C)O4)[C@H](C)O3)[C@@H](C)/C=C/C=C3\CO[C@@H]4[C@H](OC(=O)c5ccc(F)cc5)C(C)=C[C@@H](C(=O)O1)[C@]34O)O2. The third-order valence-electron chi connectivity index (χ3n) is 17.1. The van der Waals surface area contributed by atoms with Crippen molar-refractivity contribution in [1.29, 1.82) is 0 Å². The lowest BCUT2D eigenvalue weighted by atomic mass is 9.70. The second-order valence-electron chi connectivity index (χ2n) is 22.7. The maximum Gasteiger partial charge on any atom is 0.338 e. The Bertz CT molecular complexity index is 2670. The first kappa shape index (κ1) is 59.6. The number of allylic oxidation sites excluding steroid dienone is 2. The first-order chi connectivity index (χ1) is 38.2. The maximum absolute atomic E-state index is 14.8. The van der Waals surface area contributed by atoms with E-state index in [4.69, 9.17) is 56.8 Å². The van der Waals surface area contributed by atoms with Gasteiger partial charge in [-0.3, -0.25) is 4.79 Å². The quantitative estimate of drug-likeness (QED) is 0.120. The molecule has 0 amide bonds. The molecule has 2 aromatic carbocycles. The van der Waals surface area contributed by atoms with Gasteiger partial charge in [0, 0.05) is 51.7 Å². The molecule has 2 aromatic rings. The third kappa shape index (κ3) is 12.8. The molecule has 16 nitrogen and oxygen atoms in total. The maximum atomic E-state index is 14.8. The first-order valence-electron chi connectivity index (χ1n) is 28.2. The fourth-order valence-electron chi connectivity index (χ4n) is 12.4. The Morgan fingerprint density at radius 1 is 0.762 bits per heavy atom. The monoisotopic (exact) mass is 1120 g/mol. The van der Waals surface area contributed by atoms with Crippen LogP contribution in [0.1, 0.15) is 115 Å². The molecule has 6 heterocycles. The van der Waals surface area contributed by atoms with Crippen molar-refractivity contribution in [2.45, 2.75) is 191 Å². The molecule has 20 atom stereocenters. The summed E-state index contributed by atoms with van der Waals surface area (Å²) in [5, 5.41) is 13.1. The number of carbonyl (C=O) groups is 3. The van der Waals surface area contributed by atoms with Crippen LogP contribution in [0.5, 0.6) is 0 Å². The highest BCUT2D eigenvalue weighted by molar-refractivity contribution is 5.90. The highest BCUT2D eigenvalue weighted by Gasteiger charge is 2.61. The molecule has 0 aromatic heterocycles. The van der Waals surface area contributed by atoms with Gasteiger partial charge in [-0.05, 0) is 111 Å². The predicted octanol–water partition coefficient (Wildman–Crippen LogP) is 9.39. The van der Waals surface area contributed by atoms with Crippen molar-refractivity contribution < 1.29 is 85.1 Å². The molecule has 0 unspecified atom stereocenters. The molecular weight excluding hydrogens is 1040 g/mol. The van der Waals surface area contributed by atoms with Crippen molar-refractivity contribution in [3.8, 4) is 0 Å². The van der Waals surface area contributed by atoms with E-state index < -0.39 is 127 Å². The van der Waals surface area contributed by atoms with Crippen LogP contribution in [0.3, 0.4) is 0 Å². The van der Waals surface area contributed by atoms with Gasteiger partial charge in [-0.1, -0.05) is 70.6 Å². The lowest BCUT2D eigenvalue weighted by Crippen LogP contribution is -2.59. The lowest BCUT2D eigenvalue weighted by Gasteiger charge is -2.48. The van der Waals surface area contributed by atoms with Gasteiger partial charge in [-0.2, -0.15) is 0 Å². The van der Waals surface area contributed by atoms with Gasteiger partial charge < -0.3 is 61.9 Å². The number of aliphatic hydroxyl groups is 1. The average molecular weight is 1120 g/mol. The molecular formula is C62H78F2O16. The molecule has 4 fully saturated rings. The van der Waals surface area contributed by atoms with Crippen molar-refractivity contribution >= 4 is 17.9 Å². The summed E-state index contributed by atoms with van der Waals surface area (Å²) in [6.45, 7) is 15.7. The number of carbonyl (C=O) groups excluding carboxylic acids is 3. The summed E-state index contributed by atoms with van der Waals surface area (Å²) in [6.07, 6.45) is 6.22. The van der Waals surface area contributed by atoms with Gasteiger partial charge >= 0.3 is 17.9 Å². The Labute approximate surface area is 467 Å². The minimum atomic E-state index is -2.02. The van der Waals surface area contributed by atoms with Gasteiger partial charge in [0.2, 0.25) is 0 Å². The van der Waals surface area contributed by atoms with Gasteiger partial charge in [0.1, 0.15) is 47.6 Å². The van der Waals surface area contributed by atoms with Crippen molar-refractivity contribution in [2.24, 2.45) is 23.7 Å². The van der Waals surface area contributed by atoms with E-state index in [1.807, 2.05) is 32.9 Å². The van der Waals surface area contributed by atoms with Crippen molar-refractivity contribution in [3.05, 3.63) is 131 Å². The average Bonchev–Trinajstić information content (AvgIpc) is 3.77. The predicted molar refractivity (Wildman–Crippen MR) is 286 cm³/mol. The number of rotatable bonds is 12. The number of esters is 3. The van der Waals surface area contributed by atoms with Crippen molar-refractivity contribution in [3.63, 3.8) is 0 Å². The van der Waals surface area contributed by atoms with E-state index in [1.165, 1.54) is 43.5 Å². The van der Waals surface area contributed by atoms with Gasteiger partial charge in [-0.15, -0.1) is 0 Å². The molecule has 0 saturated carbocycles. The van der Waals surface area contributed by atoms with Crippen LogP contribution in [0.15, 0.2) is 108 Å². The van der Waals surface area contributed by atoms with Gasteiger partial charge in [0.05, 0.1) is 54.4 Å². The molecule has 6 aliphatic heterocycles. The van der Waals surface area contributed by atoms with E-state index in [-0.39, 0.29) is 60.9 Å². The Morgan fingerprint density at radius 2 is 1.38 bits per heavy atom. The molecule has 1 N–H and O–H groups in total. The minimum Gasteiger partial charge on any atom is -0.462 e. The molecule has 80 heavy (non-hydrogen) atoms. The van der Waals surface area contributed by atoms with Crippen LogP contribution in [0.25, 0.3) is 0 Å². The number of benzene rings is 2. The Morgan fingerprint density at radius 3 is 2.01 bits per heavy atom. The van der Waals surface area contributed by atoms with E-state index in [9.17, 15) is 28.3 Å². The number of fused-ring (bicyclic) bond motifs is 2. The van der Waals surface area contributed by atoms with Crippen LogP contribution in [-0.2, 0) is 61.6 Å².